The first-order valence-corrected chi connectivity index (χ1v) is 22.4. The zero-order valence-corrected chi connectivity index (χ0v) is 36.7. The van der Waals surface area contributed by atoms with E-state index >= 15 is 0 Å². The highest BCUT2D eigenvalue weighted by Crippen LogP contribution is 2.34. The third-order valence-electron chi connectivity index (χ3n) is 8.54. The van der Waals surface area contributed by atoms with Crippen LogP contribution in [0.3, 0.4) is 0 Å². The van der Waals surface area contributed by atoms with Crippen molar-refractivity contribution < 1.29 is 37.1 Å². The molecule has 0 aliphatic heterocycles. The Morgan fingerprint density at radius 1 is 1.07 bits per heavy atom. The molecule has 0 saturated carbocycles. The van der Waals surface area contributed by atoms with Crippen LogP contribution in [0.25, 0.3) is 10.2 Å². The molecule has 0 saturated heterocycles. The molecule has 0 aliphatic rings. The first-order chi connectivity index (χ1) is 27.6. The Morgan fingerprint density at radius 2 is 1.86 bits per heavy atom. The summed E-state index contributed by atoms with van der Waals surface area (Å²) in [5.41, 5.74) is 2.04. The van der Waals surface area contributed by atoms with Crippen LogP contribution in [0.15, 0.2) is 48.5 Å². The standard InChI is InChI=1S/C38H44FIN8O7S3/c1-25-22-33(44-45-35(25)43-37-41-29-12-4-5-13-31(29)56-37)48(19-7-11-27(49)24-46(2)17-9-21-58(52,53)54)38-42-34(36(50)51)32(57-38)14-8-20-55-30-16-15-26(23-28(30)39)10-6-18-47(3)40/h4-5,12-13,15-16,22-23,27,49H,7-9,11,14,17-21,24H2,1-3H3,(H,50,51)(H,41,43,45)(H,52,53,54). The second-order valence-electron chi connectivity index (χ2n) is 13.4. The van der Waals surface area contributed by atoms with E-state index in [0.29, 0.717) is 77.7 Å². The van der Waals surface area contributed by atoms with Crippen molar-refractivity contribution in [3.05, 3.63) is 76.0 Å². The molecule has 0 radical (unpaired) electrons. The van der Waals surface area contributed by atoms with Gasteiger partial charge in [0.05, 0.1) is 35.2 Å². The van der Waals surface area contributed by atoms with E-state index in [4.69, 9.17) is 9.29 Å². The molecule has 2 aromatic carbocycles. The quantitative estimate of drug-likeness (QED) is 0.0203. The normalized spacial score (nSPS) is 12.2. The number of nitrogens with zero attached hydrogens (tertiary/aromatic N) is 7. The number of likely N-dealkylation sites (N-methyl/N-ethyl adjacent to an activating group) is 1. The third kappa shape index (κ3) is 13.8. The van der Waals surface area contributed by atoms with Gasteiger partial charge in [-0.1, -0.05) is 35.3 Å². The zero-order valence-electron chi connectivity index (χ0n) is 32.1. The maximum absolute atomic E-state index is 14.8. The SMILES string of the molecule is Cc1cc(N(CCCC(O)CN(C)CCCS(=O)(=O)O)c2nc(C(=O)O)c(CCCOc3ccc(C#CCN(C)I)cc3F)s2)nnc1Nc1nc2ccccc2s1. The molecule has 58 heavy (non-hydrogen) atoms. The average molecular weight is 967 g/mol. The van der Waals surface area contributed by atoms with Crippen molar-refractivity contribution in [1.29, 1.82) is 0 Å². The van der Waals surface area contributed by atoms with Crippen molar-refractivity contribution in [2.45, 2.75) is 45.1 Å². The number of aryl methyl sites for hydroxylation is 2. The Bertz CT molecular complexity index is 2320. The summed E-state index contributed by atoms with van der Waals surface area (Å²) in [6, 6.07) is 14.1. The molecule has 15 nitrogen and oxygen atoms in total. The lowest BCUT2D eigenvalue weighted by Crippen LogP contribution is -2.31. The molecule has 5 rings (SSSR count). The first kappa shape index (κ1) is 45.0. The monoisotopic (exact) mass is 966 g/mol. The Kier molecular flexibility index (Phi) is 16.5. The van der Waals surface area contributed by atoms with Crippen molar-refractivity contribution in [2.24, 2.45) is 0 Å². The Labute approximate surface area is 358 Å². The van der Waals surface area contributed by atoms with Crippen LogP contribution in [0, 0.1) is 24.6 Å². The van der Waals surface area contributed by atoms with Gasteiger partial charge in [-0.2, -0.15) is 8.42 Å². The number of thiazole rings is 2. The number of carbonyl (C=O) groups is 1. The van der Waals surface area contributed by atoms with Crippen molar-refractivity contribution in [3.8, 4) is 17.6 Å². The Morgan fingerprint density at radius 3 is 2.57 bits per heavy atom. The summed E-state index contributed by atoms with van der Waals surface area (Å²) >= 11 is 4.80. The predicted octanol–water partition coefficient (Wildman–Crippen LogP) is 6.57. The third-order valence-corrected chi connectivity index (χ3v) is 11.8. The highest BCUT2D eigenvalue weighted by molar-refractivity contribution is 14.1. The van der Waals surface area contributed by atoms with Crippen molar-refractivity contribution >= 4 is 93.7 Å². The lowest BCUT2D eigenvalue weighted by Gasteiger charge is -2.23. The summed E-state index contributed by atoms with van der Waals surface area (Å²) in [7, 11) is -0.423. The van der Waals surface area contributed by atoms with Crippen LogP contribution in [0.5, 0.6) is 5.75 Å². The number of halogens is 2. The van der Waals surface area contributed by atoms with Gasteiger partial charge in [0.25, 0.3) is 10.1 Å². The van der Waals surface area contributed by atoms with Crippen LogP contribution in [-0.4, -0.2) is 116 Å². The number of nitrogens with one attached hydrogen (secondary N) is 1. The number of anilines is 4. The summed E-state index contributed by atoms with van der Waals surface area (Å²) in [6.45, 7) is 3.50. The molecule has 3 aromatic heterocycles. The van der Waals surface area contributed by atoms with Crippen molar-refractivity contribution in [3.63, 3.8) is 0 Å². The van der Waals surface area contributed by atoms with E-state index in [9.17, 15) is 27.8 Å². The second kappa shape index (κ2) is 21.3. The minimum atomic E-state index is -4.06. The van der Waals surface area contributed by atoms with Crippen LogP contribution >= 0.6 is 45.5 Å². The van der Waals surface area contributed by atoms with Gasteiger partial charge in [-0.3, -0.25) is 4.55 Å². The molecule has 1 atom stereocenters. The van der Waals surface area contributed by atoms with E-state index in [2.05, 4.69) is 60.2 Å². The summed E-state index contributed by atoms with van der Waals surface area (Å²) in [5.74, 6) is 4.79. The Hall–Kier alpha value is -4.08. The smallest absolute Gasteiger partial charge is 0.355 e. The number of ether oxygens (including phenoxy) is 1. The lowest BCUT2D eigenvalue weighted by molar-refractivity contribution is 0.0690. The van der Waals surface area contributed by atoms with E-state index in [0.717, 1.165) is 15.8 Å². The minimum absolute atomic E-state index is 0.0766. The summed E-state index contributed by atoms with van der Waals surface area (Å²) < 4.78 is 54.5. The number of hydrogen-bond donors (Lipinski definition) is 4. The Balaban J connectivity index is 1.29. The number of aliphatic hydroxyl groups is 1. The maximum Gasteiger partial charge on any atom is 0.355 e. The molecule has 0 fully saturated rings. The van der Waals surface area contributed by atoms with E-state index in [-0.39, 0.29) is 36.8 Å². The molecule has 310 valence electrons. The van der Waals surface area contributed by atoms with Crippen molar-refractivity contribution in [1.82, 2.24) is 28.2 Å². The molecule has 1 unspecified atom stereocenters. The molecule has 5 aromatic rings. The molecular weight excluding hydrogens is 923 g/mol. The highest BCUT2D eigenvalue weighted by Gasteiger charge is 2.24. The fourth-order valence-corrected chi connectivity index (χ4v) is 8.42. The minimum Gasteiger partial charge on any atom is -0.491 e. The van der Waals surface area contributed by atoms with Gasteiger partial charge >= 0.3 is 5.97 Å². The van der Waals surface area contributed by atoms with E-state index in [1.807, 2.05) is 47.4 Å². The van der Waals surface area contributed by atoms with Gasteiger partial charge in [-0.25, -0.2) is 22.3 Å². The first-order valence-electron chi connectivity index (χ1n) is 18.2. The number of aliphatic hydroxyl groups excluding tert-OH is 1. The number of rotatable bonds is 21. The molecule has 0 amide bonds. The number of hydrogen-bond acceptors (Lipinski definition) is 15. The maximum atomic E-state index is 14.8. The van der Waals surface area contributed by atoms with Gasteiger partial charge in [0, 0.05) is 46.4 Å². The molecule has 3 heterocycles. The van der Waals surface area contributed by atoms with Gasteiger partial charge in [-0.15, -0.1) is 21.5 Å². The predicted molar refractivity (Wildman–Crippen MR) is 233 cm³/mol. The van der Waals surface area contributed by atoms with Gasteiger partial charge in [0.2, 0.25) is 0 Å². The van der Waals surface area contributed by atoms with E-state index in [1.165, 1.54) is 34.8 Å². The highest BCUT2D eigenvalue weighted by atomic mass is 127. The van der Waals surface area contributed by atoms with Crippen LogP contribution < -0.4 is 15.0 Å². The molecule has 4 N–H and O–H groups in total. The van der Waals surface area contributed by atoms with E-state index in [1.54, 1.807) is 22.9 Å². The van der Waals surface area contributed by atoms with Crippen LogP contribution in [0.2, 0.25) is 0 Å². The van der Waals surface area contributed by atoms with Crippen LogP contribution in [0.4, 0.5) is 26.3 Å². The van der Waals surface area contributed by atoms with Crippen molar-refractivity contribution in [2.75, 3.05) is 62.9 Å². The molecule has 0 spiro atoms. The molecular formula is C38H44FIN8O7S3. The van der Waals surface area contributed by atoms with Gasteiger partial charge < -0.3 is 30.1 Å². The molecule has 20 heteroatoms. The summed E-state index contributed by atoms with van der Waals surface area (Å²) in [6.07, 6.45) is 0.996. The zero-order chi connectivity index (χ0) is 41.8. The number of aromatic carboxylic acids is 1. The number of carboxylic acid groups (broad SMARTS) is 1. The second-order valence-corrected chi connectivity index (χ2v) is 18.7. The van der Waals surface area contributed by atoms with Gasteiger partial charge in [0.1, 0.15) is 0 Å². The van der Waals surface area contributed by atoms with Gasteiger partial charge in [-0.05, 0) is 102 Å². The number of fused-ring (bicyclic) bond motifs is 1. The van der Waals surface area contributed by atoms with E-state index < -0.39 is 28.0 Å². The number of para-hydroxylation sites is 1. The average Bonchev–Trinajstić information content (AvgIpc) is 3.77. The summed E-state index contributed by atoms with van der Waals surface area (Å²) in [5, 5.41) is 34.2. The fourth-order valence-electron chi connectivity index (χ4n) is 5.76. The number of aromatic nitrogens is 4. The molecule has 0 bridgehead atoms. The summed E-state index contributed by atoms with van der Waals surface area (Å²) in [4.78, 5) is 25.6. The van der Waals surface area contributed by atoms with Crippen LogP contribution in [0.1, 0.15) is 52.2 Å². The number of benzene rings is 2. The van der Waals surface area contributed by atoms with Crippen LogP contribution in [-0.2, 0) is 16.5 Å². The number of carboxylic acids is 1. The van der Waals surface area contributed by atoms with Gasteiger partial charge in [0.15, 0.2) is 39.2 Å². The largest absolute Gasteiger partial charge is 0.491 e. The topological polar surface area (TPSA) is 194 Å². The fraction of sp³-hybridized carbons (Fsp3) is 0.395. The molecule has 0 aliphatic carbocycles. The lowest BCUT2D eigenvalue weighted by atomic mass is 10.1.